The van der Waals surface area contributed by atoms with Gasteiger partial charge in [-0.25, -0.2) is 0 Å². The van der Waals surface area contributed by atoms with Gasteiger partial charge in [0.15, 0.2) is 0 Å². The number of ether oxygens (including phenoxy) is 2. The van der Waals surface area contributed by atoms with Crippen molar-refractivity contribution in [1.29, 1.82) is 0 Å². The third-order valence-electron chi connectivity index (χ3n) is 3.72. The maximum absolute atomic E-state index is 6.46. The highest BCUT2D eigenvalue weighted by Gasteiger charge is 2.48. The molecule has 1 aliphatic heterocycles. The Balaban J connectivity index is 1.76. The summed E-state index contributed by atoms with van der Waals surface area (Å²) in [4.78, 5) is 0. The minimum absolute atomic E-state index is 0.0328. The lowest BCUT2D eigenvalue weighted by atomic mass is 9.84. The van der Waals surface area contributed by atoms with Crippen molar-refractivity contribution < 1.29 is 9.47 Å². The molecule has 2 unspecified atom stereocenters. The second-order valence-electron chi connectivity index (χ2n) is 5.06. The molecule has 0 bridgehead atoms. The second-order valence-corrected chi connectivity index (χ2v) is 5.06. The molecule has 2 N–H and O–H groups in total. The fourth-order valence-corrected chi connectivity index (χ4v) is 2.66. The third kappa shape index (κ3) is 2.71. The number of rotatable bonds is 6. The van der Waals surface area contributed by atoms with Crippen molar-refractivity contribution in [3.8, 4) is 0 Å². The van der Waals surface area contributed by atoms with Gasteiger partial charge in [-0.3, -0.25) is 0 Å². The number of nitrogens with two attached hydrogens (primary N) is 1. The highest BCUT2D eigenvalue weighted by Crippen LogP contribution is 2.43. The van der Waals surface area contributed by atoms with E-state index in [1.165, 1.54) is 12.8 Å². The number of unbranched alkanes of at least 4 members (excludes halogenated alkanes) is 1. The van der Waals surface area contributed by atoms with Crippen molar-refractivity contribution in [2.45, 2.75) is 50.2 Å². The Hall–Kier alpha value is -0.120. The van der Waals surface area contributed by atoms with E-state index in [9.17, 15) is 0 Å². The van der Waals surface area contributed by atoms with Crippen LogP contribution in [0.15, 0.2) is 0 Å². The largest absolute Gasteiger partial charge is 0.385 e. The lowest BCUT2D eigenvalue weighted by Crippen LogP contribution is -2.48. The smallest absolute Gasteiger partial charge is 0.0783 e. The molecular formula is C12H23NO2. The van der Waals surface area contributed by atoms with Gasteiger partial charge in [-0.1, -0.05) is 0 Å². The zero-order valence-corrected chi connectivity index (χ0v) is 9.71. The van der Waals surface area contributed by atoms with Crippen molar-refractivity contribution in [3.05, 3.63) is 0 Å². The molecule has 2 rings (SSSR count). The van der Waals surface area contributed by atoms with Crippen molar-refractivity contribution in [2.75, 3.05) is 20.3 Å². The maximum Gasteiger partial charge on any atom is 0.0783 e. The van der Waals surface area contributed by atoms with Gasteiger partial charge in [0.05, 0.1) is 6.10 Å². The summed E-state index contributed by atoms with van der Waals surface area (Å²) in [5, 5.41) is 0. The standard InChI is InChI=1S/C12H23NO2/c1-14-8-3-2-6-12(13)7-9-15-11(12)10-4-5-10/h10-11H,2-9,13H2,1H3. The predicted molar refractivity (Wildman–Crippen MR) is 59.7 cm³/mol. The fraction of sp³-hybridized carbons (Fsp3) is 1.00. The highest BCUT2D eigenvalue weighted by atomic mass is 16.5. The number of hydrogen-bond donors (Lipinski definition) is 1. The monoisotopic (exact) mass is 213 g/mol. The van der Waals surface area contributed by atoms with Gasteiger partial charge in [0.25, 0.3) is 0 Å². The van der Waals surface area contributed by atoms with E-state index in [0.29, 0.717) is 6.10 Å². The molecule has 1 heterocycles. The Labute approximate surface area is 92.3 Å². The summed E-state index contributed by atoms with van der Waals surface area (Å²) < 4.78 is 10.8. The van der Waals surface area contributed by atoms with E-state index >= 15 is 0 Å². The van der Waals surface area contributed by atoms with Gasteiger partial charge in [-0.05, 0) is 44.4 Å². The molecule has 0 aromatic heterocycles. The molecule has 2 atom stereocenters. The Morgan fingerprint density at radius 3 is 2.87 bits per heavy atom. The third-order valence-corrected chi connectivity index (χ3v) is 3.72. The first-order valence-electron chi connectivity index (χ1n) is 6.16. The zero-order chi connectivity index (χ0) is 10.7. The summed E-state index contributed by atoms with van der Waals surface area (Å²) >= 11 is 0. The van der Waals surface area contributed by atoms with Crippen LogP contribution in [0.5, 0.6) is 0 Å². The van der Waals surface area contributed by atoms with Gasteiger partial charge in [0.1, 0.15) is 0 Å². The van der Waals surface area contributed by atoms with Crippen LogP contribution in [-0.4, -0.2) is 32.0 Å². The summed E-state index contributed by atoms with van der Waals surface area (Å²) in [6.45, 7) is 1.72. The van der Waals surface area contributed by atoms with Crippen molar-refractivity contribution >= 4 is 0 Å². The zero-order valence-electron chi connectivity index (χ0n) is 9.71. The fourth-order valence-electron chi connectivity index (χ4n) is 2.66. The molecule has 1 aliphatic carbocycles. The summed E-state index contributed by atoms with van der Waals surface area (Å²) in [5.41, 5.74) is 6.43. The first-order chi connectivity index (χ1) is 7.26. The lowest BCUT2D eigenvalue weighted by Gasteiger charge is -2.30. The van der Waals surface area contributed by atoms with Crippen LogP contribution in [0.25, 0.3) is 0 Å². The van der Waals surface area contributed by atoms with Gasteiger partial charge in [0, 0.05) is 25.9 Å². The molecule has 1 saturated carbocycles. The summed E-state index contributed by atoms with van der Waals surface area (Å²) in [6, 6.07) is 0. The van der Waals surface area contributed by atoms with E-state index in [4.69, 9.17) is 15.2 Å². The SMILES string of the molecule is COCCCCC1(N)CCOC1C1CC1. The van der Waals surface area contributed by atoms with Gasteiger partial charge in [-0.2, -0.15) is 0 Å². The van der Waals surface area contributed by atoms with Gasteiger partial charge in [0.2, 0.25) is 0 Å². The van der Waals surface area contributed by atoms with Gasteiger partial charge >= 0.3 is 0 Å². The van der Waals surface area contributed by atoms with Crippen molar-refractivity contribution in [2.24, 2.45) is 11.7 Å². The van der Waals surface area contributed by atoms with Crippen LogP contribution < -0.4 is 5.73 Å². The van der Waals surface area contributed by atoms with Crippen LogP contribution >= 0.6 is 0 Å². The Kier molecular flexibility index (Phi) is 3.65. The van der Waals surface area contributed by atoms with Crippen molar-refractivity contribution in [3.63, 3.8) is 0 Å². The molecule has 15 heavy (non-hydrogen) atoms. The van der Waals surface area contributed by atoms with Crippen LogP contribution in [0.3, 0.4) is 0 Å². The molecule has 0 aromatic rings. The maximum atomic E-state index is 6.46. The van der Waals surface area contributed by atoms with Crippen LogP contribution in [0.2, 0.25) is 0 Å². The topological polar surface area (TPSA) is 44.5 Å². The second kappa shape index (κ2) is 4.81. The van der Waals surface area contributed by atoms with Gasteiger partial charge < -0.3 is 15.2 Å². The normalized spacial score (nSPS) is 36.0. The summed E-state index contributed by atoms with van der Waals surface area (Å²) in [5.74, 6) is 0.764. The van der Waals surface area contributed by atoms with E-state index < -0.39 is 0 Å². The van der Waals surface area contributed by atoms with Crippen LogP contribution in [0, 0.1) is 5.92 Å². The van der Waals surface area contributed by atoms with E-state index in [1.54, 1.807) is 7.11 Å². The molecule has 2 fully saturated rings. The Bertz CT molecular complexity index is 206. The molecule has 0 spiro atoms. The molecule has 3 nitrogen and oxygen atoms in total. The predicted octanol–water partition coefficient (Wildman–Crippen LogP) is 1.70. The molecule has 0 aromatic carbocycles. The number of methoxy groups -OCH3 is 1. The van der Waals surface area contributed by atoms with E-state index in [-0.39, 0.29) is 5.54 Å². The molecule has 0 amide bonds. The molecule has 2 aliphatic rings. The Morgan fingerprint density at radius 1 is 1.40 bits per heavy atom. The van der Waals surface area contributed by atoms with Crippen LogP contribution in [-0.2, 0) is 9.47 Å². The Morgan fingerprint density at radius 2 is 2.20 bits per heavy atom. The minimum atomic E-state index is -0.0328. The molecule has 0 radical (unpaired) electrons. The molecular weight excluding hydrogens is 190 g/mol. The first-order valence-corrected chi connectivity index (χ1v) is 6.16. The molecule has 3 heteroatoms. The van der Waals surface area contributed by atoms with Crippen LogP contribution in [0.4, 0.5) is 0 Å². The molecule has 1 saturated heterocycles. The average molecular weight is 213 g/mol. The van der Waals surface area contributed by atoms with E-state index in [2.05, 4.69) is 0 Å². The highest BCUT2D eigenvalue weighted by molar-refractivity contribution is 5.03. The van der Waals surface area contributed by atoms with Crippen molar-refractivity contribution in [1.82, 2.24) is 0 Å². The molecule has 88 valence electrons. The summed E-state index contributed by atoms with van der Waals surface area (Å²) in [7, 11) is 1.75. The number of hydrogen-bond acceptors (Lipinski definition) is 3. The van der Waals surface area contributed by atoms with Gasteiger partial charge in [-0.15, -0.1) is 0 Å². The average Bonchev–Trinajstić information content (AvgIpc) is 2.98. The lowest BCUT2D eigenvalue weighted by molar-refractivity contribution is 0.0587. The quantitative estimate of drug-likeness (QED) is 0.683. The summed E-state index contributed by atoms with van der Waals surface area (Å²) in [6.07, 6.45) is 7.41. The minimum Gasteiger partial charge on any atom is -0.385 e. The van der Waals surface area contributed by atoms with E-state index in [1.807, 2.05) is 0 Å². The van der Waals surface area contributed by atoms with E-state index in [0.717, 1.165) is 44.8 Å². The van der Waals surface area contributed by atoms with Crippen LogP contribution in [0.1, 0.15) is 38.5 Å². The first kappa shape index (κ1) is 11.4.